The molecule has 0 saturated heterocycles. The molecule has 2 aromatic rings. The summed E-state index contributed by atoms with van der Waals surface area (Å²) >= 11 is 0. The smallest absolute Gasteiger partial charge is 0.266 e. The van der Waals surface area contributed by atoms with E-state index in [0.29, 0.717) is 24.3 Å². The first-order valence-corrected chi connectivity index (χ1v) is 10.4. The number of benzene rings is 1. The molecular formula is C22H28N4O4. The predicted octanol–water partition coefficient (Wildman–Crippen LogP) is 3.10. The van der Waals surface area contributed by atoms with Crippen molar-refractivity contribution in [2.24, 2.45) is 17.6 Å². The third-order valence-corrected chi connectivity index (χ3v) is 5.76. The summed E-state index contributed by atoms with van der Waals surface area (Å²) in [5.41, 5.74) is 8.66. The van der Waals surface area contributed by atoms with Crippen molar-refractivity contribution in [2.75, 3.05) is 6.61 Å². The van der Waals surface area contributed by atoms with Crippen LogP contribution < -0.4 is 11.2 Å². The maximum absolute atomic E-state index is 11.7. The van der Waals surface area contributed by atoms with Gasteiger partial charge < -0.3 is 14.9 Å². The van der Waals surface area contributed by atoms with E-state index in [1.54, 1.807) is 6.08 Å². The molecule has 1 unspecified atom stereocenters. The van der Waals surface area contributed by atoms with Crippen LogP contribution in [0.15, 0.2) is 46.5 Å². The fourth-order valence-corrected chi connectivity index (χ4v) is 3.97. The Labute approximate surface area is 175 Å². The van der Waals surface area contributed by atoms with Gasteiger partial charge in [-0.2, -0.15) is 0 Å². The molecule has 160 valence electrons. The molecule has 30 heavy (non-hydrogen) atoms. The van der Waals surface area contributed by atoms with E-state index in [4.69, 9.17) is 19.7 Å². The maximum Gasteiger partial charge on any atom is 0.266 e. The summed E-state index contributed by atoms with van der Waals surface area (Å²) in [4.78, 5) is 17.6. The summed E-state index contributed by atoms with van der Waals surface area (Å²) in [5.74, 6) is 1.30. The number of carbonyl (C=O) groups excluding carboxylic acids is 1. The zero-order chi connectivity index (χ0) is 21.3. The average Bonchev–Trinajstić information content (AvgIpc) is 3.34. The second kappa shape index (κ2) is 8.20. The lowest BCUT2D eigenvalue weighted by molar-refractivity contribution is -0.122. The minimum Gasteiger partial charge on any atom is -0.422 e. The molecule has 0 spiro atoms. The Kier molecular flexibility index (Phi) is 5.62. The van der Waals surface area contributed by atoms with Crippen LogP contribution in [0.25, 0.3) is 0 Å². The highest BCUT2D eigenvalue weighted by Gasteiger charge is 2.52. The van der Waals surface area contributed by atoms with Gasteiger partial charge in [0, 0.05) is 18.4 Å². The minimum absolute atomic E-state index is 0.138. The number of hydrogen-bond acceptors (Lipinski definition) is 7. The number of aromatic nitrogens is 2. The fraction of sp³-hybridized carbons (Fsp3) is 0.500. The lowest BCUT2D eigenvalue weighted by Gasteiger charge is -2.43. The van der Waals surface area contributed by atoms with Gasteiger partial charge in [0.2, 0.25) is 11.8 Å². The highest BCUT2D eigenvalue weighted by molar-refractivity contribution is 5.91. The van der Waals surface area contributed by atoms with Crippen LogP contribution in [0.3, 0.4) is 0 Å². The topological polar surface area (TPSA) is 112 Å². The molecule has 0 bridgehead atoms. The average molecular weight is 412 g/mol. The van der Waals surface area contributed by atoms with E-state index >= 15 is 0 Å². The molecule has 2 heterocycles. The van der Waals surface area contributed by atoms with Gasteiger partial charge in [-0.1, -0.05) is 44.2 Å². The molecule has 8 heteroatoms. The number of hydroxylamine groups is 1. The number of carbonyl (C=O) groups is 1. The molecule has 1 aliphatic carbocycles. The molecule has 1 saturated carbocycles. The second-order valence-corrected chi connectivity index (χ2v) is 8.50. The Morgan fingerprint density at radius 1 is 1.27 bits per heavy atom. The normalized spacial score (nSPS) is 26.7. The number of ether oxygens (including phenoxy) is 1. The molecular weight excluding hydrogens is 384 g/mol. The van der Waals surface area contributed by atoms with Crippen LogP contribution in [0.1, 0.15) is 63.0 Å². The predicted molar refractivity (Wildman–Crippen MR) is 109 cm³/mol. The third kappa shape index (κ3) is 3.85. The SMILES string of the molecule is CC(C)CO[C@H](C)c1nnc(C2CC(C3(c4ccccc4)C=C(C(N)=O)NO3)C2)o1. The van der Waals surface area contributed by atoms with Crippen LogP contribution in [-0.4, -0.2) is 22.7 Å². The van der Waals surface area contributed by atoms with Crippen LogP contribution in [0.4, 0.5) is 0 Å². The Balaban J connectivity index is 1.48. The van der Waals surface area contributed by atoms with Gasteiger partial charge in [-0.25, -0.2) is 0 Å². The van der Waals surface area contributed by atoms with E-state index in [9.17, 15) is 4.79 Å². The van der Waals surface area contributed by atoms with Crippen molar-refractivity contribution in [1.29, 1.82) is 0 Å². The highest BCUT2D eigenvalue weighted by atomic mass is 16.7. The van der Waals surface area contributed by atoms with Crippen molar-refractivity contribution in [3.8, 4) is 0 Å². The van der Waals surface area contributed by atoms with E-state index in [1.807, 2.05) is 37.3 Å². The van der Waals surface area contributed by atoms with Gasteiger partial charge in [0.25, 0.3) is 5.91 Å². The summed E-state index contributed by atoms with van der Waals surface area (Å²) < 4.78 is 11.7. The van der Waals surface area contributed by atoms with Crippen LogP contribution in [0.2, 0.25) is 0 Å². The van der Waals surface area contributed by atoms with Crippen LogP contribution >= 0.6 is 0 Å². The monoisotopic (exact) mass is 412 g/mol. The number of nitrogens with two attached hydrogens (primary N) is 1. The van der Waals surface area contributed by atoms with Gasteiger partial charge in [-0.3, -0.25) is 15.1 Å². The highest BCUT2D eigenvalue weighted by Crippen LogP contribution is 2.53. The molecule has 1 aromatic heterocycles. The lowest BCUT2D eigenvalue weighted by Crippen LogP contribution is -2.42. The Morgan fingerprint density at radius 3 is 2.63 bits per heavy atom. The van der Waals surface area contributed by atoms with E-state index in [-0.39, 0.29) is 23.6 Å². The molecule has 1 aliphatic heterocycles. The summed E-state index contributed by atoms with van der Waals surface area (Å²) in [6.45, 7) is 6.76. The number of nitrogens with zero attached hydrogens (tertiary/aromatic N) is 2. The number of nitrogens with one attached hydrogen (secondary N) is 1. The summed E-state index contributed by atoms with van der Waals surface area (Å²) in [6.07, 6.45) is 3.15. The number of primary amides is 1. The molecule has 1 amide bonds. The first-order chi connectivity index (χ1) is 14.4. The van der Waals surface area contributed by atoms with Crippen molar-refractivity contribution in [1.82, 2.24) is 15.7 Å². The molecule has 4 rings (SSSR count). The number of hydrogen-bond donors (Lipinski definition) is 2. The molecule has 0 radical (unpaired) electrons. The van der Waals surface area contributed by atoms with E-state index < -0.39 is 11.5 Å². The van der Waals surface area contributed by atoms with Gasteiger partial charge in [-0.15, -0.1) is 10.2 Å². The zero-order valence-electron chi connectivity index (χ0n) is 17.5. The van der Waals surface area contributed by atoms with E-state index in [1.165, 1.54) is 0 Å². The first kappa shape index (κ1) is 20.6. The lowest BCUT2D eigenvalue weighted by atomic mass is 9.64. The molecule has 1 aromatic carbocycles. The van der Waals surface area contributed by atoms with Gasteiger partial charge >= 0.3 is 0 Å². The largest absolute Gasteiger partial charge is 0.422 e. The Hall–Kier alpha value is -2.71. The van der Waals surface area contributed by atoms with Gasteiger partial charge in [0.05, 0.1) is 0 Å². The van der Waals surface area contributed by atoms with Gasteiger partial charge in [-0.05, 0) is 37.3 Å². The molecule has 1 fully saturated rings. The van der Waals surface area contributed by atoms with E-state index in [0.717, 1.165) is 18.4 Å². The Morgan fingerprint density at radius 2 is 2.00 bits per heavy atom. The fourth-order valence-electron chi connectivity index (χ4n) is 3.97. The standard InChI is InChI=1S/C22H28N4O4/c1-13(2)12-28-14(3)20-24-25-21(29-20)15-9-17(10-15)22(16-7-5-4-6-8-16)11-18(19(23)27)26-30-22/h4-8,11,13-15,17,26H,9-10,12H2,1-3H3,(H2,23,27)/t14-,15?,17?,22?/m1/s1. The third-order valence-electron chi connectivity index (χ3n) is 5.76. The summed E-state index contributed by atoms with van der Waals surface area (Å²) in [6, 6.07) is 9.84. The van der Waals surface area contributed by atoms with Crippen molar-refractivity contribution >= 4 is 5.91 Å². The van der Waals surface area contributed by atoms with E-state index in [2.05, 4.69) is 29.5 Å². The van der Waals surface area contributed by atoms with Crippen molar-refractivity contribution in [3.05, 3.63) is 59.4 Å². The summed E-state index contributed by atoms with van der Waals surface area (Å²) in [5, 5.41) is 8.42. The van der Waals surface area contributed by atoms with Crippen LogP contribution in [0.5, 0.6) is 0 Å². The molecule has 8 nitrogen and oxygen atoms in total. The molecule has 2 atom stereocenters. The van der Waals surface area contributed by atoms with Crippen LogP contribution in [-0.2, 0) is 20.0 Å². The minimum atomic E-state index is -0.751. The zero-order valence-corrected chi connectivity index (χ0v) is 17.5. The molecule has 3 N–H and O–H groups in total. The van der Waals surface area contributed by atoms with Crippen molar-refractivity contribution in [3.63, 3.8) is 0 Å². The van der Waals surface area contributed by atoms with Crippen molar-refractivity contribution < 1.29 is 18.8 Å². The Bertz CT molecular complexity index is 920. The second-order valence-electron chi connectivity index (χ2n) is 8.50. The molecule has 2 aliphatic rings. The number of amides is 1. The maximum atomic E-state index is 11.7. The van der Waals surface area contributed by atoms with Gasteiger partial charge in [0.1, 0.15) is 17.4 Å². The van der Waals surface area contributed by atoms with Gasteiger partial charge in [0.15, 0.2) is 0 Å². The quantitative estimate of drug-likeness (QED) is 0.685. The van der Waals surface area contributed by atoms with Crippen molar-refractivity contribution in [2.45, 2.75) is 51.2 Å². The summed E-state index contributed by atoms with van der Waals surface area (Å²) in [7, 11) is 0. The number of rotatable bonds is 8. The van der Waals surface area contributed by atoms with Crippen LogP contribution in [0, 0.1) is 11.8 Å². The first-order valence-electron chi connectivity index (χ1n) is 10.4.